The lowest BCUT2D eigenvalue weighted by molar-refractivity contribution is -0.118. The summed E-state index contributed by atoms with van der Waals surface area (Å²) in [7, 11) is 0. The van der Waals surface area contributed by atoms with Crippen LogP contribution in [0.5, 0.6) is 0 Å². The van der Waals surface area contributed by atoms with Gasteiger partial charge in [0.15, 0.2) is 0 Å². The van der Waals surface area contributed by atoms with Crippen molar-refractivity contribution in [3.05, 3.63) is 6.54 Å². The first-order valence-corrected chi connectivity index (χ1v) is 3.55. The Hall–Kier alpha value is -0.570. The Bertz CT molecular complexity index is 93.6. The highest BCUT2D eigenvalue weighted by Gasteiger charge is 1.89. The molecule has 1 radical (unpaired) electrons. The Morgan fingerprint density at radius 3 is 2.80 bits per heavy atom. The minimum absolute atomic E-state index is 0.0386. The first kappa shape index (κ1) is 9.43. The van der Waals surface area contributed by atoms with Crippen molar-refractivity contribution in [2.45, 2.75) is 26.2 Å². The fourth-order valence-electron chi connectivity index (χ4n) is 0.652. The van der Waals surface area contributed by atoms with Crippen LogP contribution in [0.25, 0.3) is 0 Å². The molecule has 0 aromatic rings. The summed E-state index contributed by atoms with van der Waals surface area (Å²) in [4.78, 5) is 10.3. The molecule has 0 aromatic carbocycles. The molecule has 0 heterocycles. The Balaban J connectivity index is 2.84. The van der Waals surface area contributed by atoms with E-state index in [1.807, 2.05) is 0 Å². The molecule has 3 heteroatoms. The molecule has 0 aliphatic carbocycles. The predicted molar refractivity (Wildman–Crippen MR) is 41.0 cm³/mol. The monoisotopic (exact) mass is 143 g/mol. The Morgan fingerprint density at radius 2 is 2.30 bits per heavy atom. The highest BCUT2D eigenvalue weighted by Crippen LogP contribution is 1.92. The van der Waals surface area contributed by atoms with Crippen LogP contribution in [-0.2, 0) is 4.79 Å². The first-order chi connectivity index (χ1) is 4.77. The van der Waals surface area contributed by atoms with Gasteiger partial charge in [0.05, 0.1) is 0 Å². The van der Waals surface area contributed by atoms with Gasteiger partial charge in [0, 0.05) is 20.0 Å². The molecule has 0 saturated heterocycles. The molecule has 0 saturated carbocycles. The third-order valence-corrected chi connectivity index (χ3v) is 1.17. The van der Waals surface area contributed by atoms with Gasteiger partial charge in [0.1, 0.15) is 0 Å². The molecule has 0 rings (SSSR count). The van der Waals surface area contributed by atoms with Crippen molar-refractivity contribution in [3.63, 3.8) is 0 Å². The molecule has 3 N–H and O–H groups in total. The topological polar surface area (TPSA) is 55.1 Å². The van der Waals surface area contributed by atoms with Crippen LogP contribution < -0.4 is 11.1 Å². The normalized spacial score (nSPS) is 9.40. The number of carbonyl (C=O) groups is 1. The van der Waals surface area contributed by atoms with Crippen molar-refractivity contribution in [3.8, 4) is 0 Å². The number of amides is 1. The van der Waals surface area contributed by atoms with Crippen LogP contribution in [-0.4, -0.2) is 12.5 Å². The number of rotatable bonds is 5. The van der Waals surface area contributed by atoms with Crippen molar-refractivity contribution in [1.29, 1.82) is 0 Å². The number of nitrogens with one attached hydrogen (secondary N) is 1. The van der Waals surface area contributed by atoms with Crippen molar-refractivity contribution in [1.82, 2.24) is 5.32 Å². The molecule has 0 unspecified atom stereocenters. The molecule has 0 spiro atoms. The van der Waals surface area contributed by atoms with Gasteiger partial charge in [-0.3, -0.25) is 4.79 Å². The summed E-state index contributed by atoms with van der Waals surface area (Å²) in [5.41, 5.74) is 5.16. The third-order valence-electron chi connectivity index (χ3n) is 1.17. The van der Waals surface area contributed by atoms with Gasteiger partial charge in [-0.05, 0) is 12.8 Å². The molecule has 0 aliphatic rings. The minimum Gasteiger partial charge on any atom is -0.356 e. The maximum atomic E-state index is 10.3. The van der Waals surface area contributed by atoms with Gasteiger partial charge in [-0.2, -0.15) is 0 Å². The summed E-state index contributed by atoms with van der Waals surface area (Å²) in [6.07, 6.45) is 2.99. The minimum atomic E-state index is 0.0386. The number of carbonyl (C=O) groups excluding carboxylic acids is 1. The van der Waals surface area contributed by atoms with E-state index in [9.17, 15) is 4.79 Å². The zero-order chi connectivity index (χ0) is 7.82. The zero-order valence-electron chi connectivity index (χ0n) is 6.39. The Labute approximate surface area is 62.0 Å². The Kier molecular flexibility index (Phi) is 6.18. The maximum absolute atomic E-state index is 10.3. The molecule has 0 atom stereocenters. The second-order valence-electron chi connectivity index (χ2n) is 2.21. The molecule has 1 amide bonds. The van der Waals surface area contributed by atoms with Crippen molar-refractivity contribution < 1.29 is 4.79 Å². The average Bonchev–Trinajstić information content (AvgIpc) is 1.87. The molecule has 0 aromatic heterocycles. The molecule has 0 bridgehead atoms. The Morgan fingerprint density at radius 1 is 1.60 bits per heavy atom. The predicted octanol–water partition coefficient (Wildman–Crippen LogP) is 0.413. The van der Waals surface area contributed by atoms with Crippen LogP contribution in [0.3, 0.4) is 0 Å². The fourth-order valence-corrected chi connectivity index (χ4v) is 0.652. The highest BCUT2D eigenvalue weighted by atomic mass is 16.1. The van der Waals surface area contributed by atoms with E-state index in [1.54, 1.807) is 6.54 Å². The van der Waals surface area contributed by atoms with Crippen LogP contribution in [0.1, 0.15) is 26.2 Å². The van der Waals surface area contributed by atoms with Gasteiger partial charge in [0.2, 0.25) is 5.91 Å². The molecular weight excluding hydrogens is 128 g/mol. The molecular formula is C7H15N2O. The lowest BCUT2D eigenvalue weighted by atomic mass is 10.2. The van der Waals surface area contributed by atoms with E-state index in [4.69, 9.17) is 5.73 Å². The summed E-state index contributed by atoms with van der Waals surface area (Å²) in [6.45, 7) is 3.94. The zero-order valence-corrected chi connectivity index (χ0v) is 6.39. The standard InChI is InChI=1S/C7H15N2O/c1-7(10)9-6-4-2-3-5-8/h5H,2-4,6,8H2,1H3,(H,9,10). The maximum Gasteiger partial charge on any atom is 0.216 e. The molecule has 3 nitrogen and oxygen atoms in total. The van der Waals surface area contributed by atoms with E-state index in [1.165, 1.54) is 6.92 Å². The van der Waals surface area contributed by atoms with Crippen LogP contribution in [0.4, 0.5) is 0 Å². The van der Waals surface area contributed by atoms with Crippen molar-refractivity contribution in [2.24, 2.45) is 5.73 Å². The summed E-state index contributed by atoms with van der Waals surface area (Å²) < 4.78 is 0. The quantitative estimate of drug-likeness (QED) is 0.548. The van der Waals surface area contributed by atoms with Gasteiger partial charge in [0.25, 0.3) is 0 Å². The van der Waals surface area contributed by atoms with Gasteiger partial charge in [-0.25, -0.2) is 0 Å². The number of nitrogens with two attached hydrogens (primary N) is 1. The summed E-state index contributed by atoms with van der Waals surface area (Å²) in [6, 6.07) is 0. The van der Waals surface area contributed by atoms with E-state index in [0.717, 1.165) is 25.8 Å². The summed E-state index contributed by atoms with van der Waals surface area (Å²) in [5.74, 6) is 0.0386. The second kappa shape index (κ2) is 6.55. The highest BCUT2D eigenvalue weighted by molar-refractivity contribution is 5.72. The van der Waals surface area contributed by atoms with Gasteiger partial charge >= 0.3 is 0 Å². The van der Waals surface area contributed by atoms with Crippen LogP contribution >= 0.6 is 0 Å². The largest absolute Gasteiger partial charge is 0.356 e. The van der Waals surface area contributed by atoms with Crippen LogP contribution in [0.15, 0.2) is 0 Å². The average molecular weight is 143 g/mol. The first-order valence-electron chi connectivity index (χ1n) is 3.55. The van der Waals surface area contributed by atoms with Gasteiger partial charge < -0.3 is 11.1 Å². The summed E-state index contributed by atoms with van der Waals surface area (Å²) >= 11 is 0. The summed E-state index contributed by atoms with van der Waals surface area (Å²) in [5, 5.41) is 2.71. The lowest BCUT2D eigenvalue weighted by Gasteiger charge is -1.99. The molecule has 0 fully saturated rings. The second-order valence-corrected chi connectivity index (χ2v) is 2.21. The van der Waals surface area contributed by atoms with E-state index in [2.05, 4.69) is 5.32 Å². The van der Waals surface area contributed by atoms with Crippen LogP contribution in [0.2, 0.25) is 0 Å². The van der Waals surface area contributed by atoms with E-state index in [-0.39, 0.29) is 5.91 Å². The van der Waals surface area contributed by atoms with Crippen molar-refractivity contribution >= 4 is 5.91 Å². The molecule has 10 heavy (non-hydrogen) atoms. The number of hydrogen-bond donors (Lipinski definition) is 2. The van der Waals surface area contributed by atoms with Crippen LogP contribution in [0, 0.1) is 6.54 Å². The lowest BCUT2D eigenvalue weighted by Crippen LogP contribution is -2.20. The smallest absolute Gasteiger partial charge is 0.216 e. The van der Waals surface area contributed by atoms with E-state index >= 15 is 0 Å². The number of unbranched alkanes of at least 4 members (excludes halogenated alkanes) is 2. The van der Waals surface area contributed by atoms with Gasteiger partial charge in [-0.15, -0.1) is 0 Å². The fraction of sp³-hybridized carbons (Fsp3) is 0.714. The molecule has 0 aliphatic heterocycles. The SMILES string of the molecule is CC(=O)NCCCC[CH]N. The van der Waals surface area contributed by atoms with E-state index in [0.29, 0.717) is 0 Å². The number of hydrogen-bond acceptors (Lipinski definition) is 2. The molecule has 59 valence electrons. The third kappa shape index (κ3) is 7.43. The van der Waals surface area contributed by atoms with Crippen molar-refractivity contribution in [2.75, 3.05) is 6.54 Å². The van der Waals surface area contributed by atoms with Gasteiger partial charge in [-0.1, -0.05) is 6.42 Å². The van der Waals surface area contributed by atoms with E-state index < -0.39 is 0 Å².